The molecule has 0 spiro atoms. The number of carbonyl (C=O) groups is 2. The highest BCUT2D eigenvalue weighted by molar-refractivity contribution is 7.99. The minimum absolute atomic E-state index is 0.395. The van der Waals surface area contributed by atoms with E-state index in [2.05, 4.69) is 5.32 Å². The zero-order valence-electron chi connectivity index (χ0n) is 10.7. The summed E-state index contributed by atoms with van der Waals surface area (Å²) in [6.45, 7) is 0. The van der Waals surface area contributed by atoms with Gasteiger partial charge in [-0.05, 0) is 30.3 Å². The zero-order chi connectivity index (χ0) is 14.5. The van der Waals surface area contributed by atoms with Gasteiger partial charge in [-0.15, -0.1) is 0 Å². The first-order chi connectivity index (χ1) is 9.67. The van der Waals surface area contributed by atoms with E-state index in [0.717, 1.165) is 16.9 Å². The lowest BCUT2D eigenvalue weighted by atomic mass is 10.2. The number of anilines is 1. The van der Waals surface area contributed by atoms with Crippen molar-refractivity contribution >= 4 is 30.0 Å². The predicted molar refractivity (Wildman–Crippen MR) is 77.3 cm³/mol. The second kappa shape index (κ2) is 6.34. The van der Waals surface area contributed by atoms with Crippen LogP contribution in [0.15, 0.2) is 46.2 Å². The van der Waals surface area contributed by atoms with Crippen LogP contribution in [-0.2, 0) is 0 Å². The molecule has 0 aliphatic heterocycles. The number of hydrogen-bond donors (Lipinski definition) is 1. The maximum Gasteiger partial charge on any atom is 0.151 e. The summed E-state index contributed by atoms with van der Waals surface area (Å²) < 4.78 is 13.3. The second-order valence-electron chi connectivity index (χ2n) is 4.03. The summed E-state index contributed by atoms with van der Waals surface area (Å²) in [4.78, 5) is 23.1. The molecule has 0 saturated carbocycles. The molecule has 102 valence electrons. The number of hydrogen-bond acceptors (Lipinski definition) is 4. The second-order valence-corrected chi connectivity index (χ2v) is 5.11. The third-order valence-corrected chi connectivity index (χ3v) is 3.88. The van der Waals surface area contributed by atoms with Crippen LogP contribution < -0.4 is 5.32 Å². The quantitative estimate of drug-likeness (QED) is 0.854. The van der Waals surface area contributed by atoms with Crippen molar-refractivity contribution in [3.05, 3.63) is 53.3 Å². The van der Waals surface area contributed by atoms with Crippen LogP contribution in [0.25, 0.3) is 0 Å². The number of halogens is 1. The van der Waals surface area contributed by atoms with E-state index in [1.165, 1.54) is 30.0 Å². The SMILES string of the molecule is CNc1cc(C=O)ccc1Sc1cc(F)ccc1C=O. The Hall–Kier alpha value is -2.14. The van der Waals surface area contributed by atoms with Gasteiger partial charge in [-0.25, -0.2) is 4.39 Å². The van der Waals surface area contributed by atoms with Gasteiger partial charge in [0.15, 0.2) is 6.29 Å². The predicted octanol–water partition coefficient (Wildman–Crippen LogP) is 3.64. The fourth-order valence-corrected chi connectivity index (χ4v) is 2.77. The Morgan fingerprint density at radius 2 is 1.85 bits per heavy atom. The van der Waals surface area contributed by atoms with Gasteiger partial charge in [0.25, 0.3) is 0 Å². The molecule has 0 unspecified atom stereocenters. The molecule has 0 radical (unpaired) electrons. The minimum Gasteiger partial charge on any atom is -0.387 e. The Bertz CT molecular complexity index is 658. The third-order valence-electron chi connectivity index (χ3n) is 2.73. The van der Waals surface area contributed by atoms with Crippen molar-refractivity contribution in [2.24, 2.45) is 0 Å². The first-order valence-electron chi connectivity index (χ1n) is 5.87. The topological polar surface area (TPSA) is 46.2 Å². The molecular weight excluding hydrogens is 277 g/mol. The van der Waals surface area contributed by atoms with E-state index in [9.17, 15) is 14.0 Å². The molecule has 2 aromatic rings. The Labute approximate surface area is 120 Å². The lowest BCUT2D eigenvalue weighted by molar-refractivity contribution is 0.111. The Balaban J connectivity index is 2.41. The van der Waals surface area contributed by atoms with Crippen LogP contribution in [0.5, 0.6) is 0 Å². The van der Waals surface area contributed by atoms with Crippen molar-refractivity contribution in [2.45, 2.75) is 9.79 Å². The van der Waals surface area contributed by atoms with Crippen molar-refractivity contribution in [3.63, 3.8) is 0 Å². The van der Waals surface area contributed by atoms with Gasteiger partial charge in [0.1, 0.15) is 12.1 Å². The maximum atomic E-state index is 13.3. The highest BCUT2D eigenvalue weighted by Gasteiger charge is 2.09. The monoisotopic (exact) mass is 289 g/mol. The van der Waals surface area contributed by atoms with E-state index in [1.807, 2.05) is 0 Å². The van der Waals surface area contributed by atoms with Gasteiger partial charge in [0.2, 0.25) is 0 Å². The molecule has 2 aromatic carbocycles. The van der Waals surface area contributed by atoms with Gasteiger partial charge in [-0.2, -0.15) is 0 Å². The Kier molecular flexibility index (Phi) is 4.53. The number of nitrogens with one attached hydrogen (secondary N) is 1. The van der Waals surface area contributed by atoms with Crippen molar-refractivity contribution < 1.29 is 14.0 Å². The standard InChI is InChI=1S/C15H12FNO2S/c1-17-13-6-10(8-18)2-5-14(13)20-15-7-12(16)4-3-11(15)9-19/h2-9,17H,1H3. The fourth-order valence-electron chi connectivity index (χ4n) is 1.72. The molecule has 0 bridgehead atoms. The molecule has 1 N–H and O–H groups in total. The highest BCUT2D eigenvalue weighted by atomic mass is 32.2. The van der Waals surface area contributed by atoms with Gasteiger partial charge >= 0.3 is 0 Å². The van der Waals surface area contributed by atoms with Crippen molar-refractivity contribution in [2.75, 3.05) is 12.4 Å². The molecule has 5 heteroatoms. The molecule has 3 nitrogen and oxygen atoms in total. The molecule has 0 aliphatic carbocycles. The first-order valence-corrected chi connectivity index (χ1v) is 6.69. The van der Waals surface area contributed by atoms with E-state index in [-0.39, 0.29) is 0 Å². The summed E-state index contributed by atoms with van der Waals surface area (Å²) in [6, 6.07) is 9.16. The van der Waals surface area contributed by atoms with Crippen LogP contribution in [0.1, 0.15) is 20.7 Å². The van der Waals surface area contributed by atoms with Crippen LogP contribution in [-0.4, -0.2) is 19.6 Å². The summed E-state index contributed by atoms with van der Waals surface area (Å²) in [5.74, 6) is -0.395. The van der Waals surface area contributed by atoms with Crippen LogP contribution in [0, 0.1) is 5.82 Å². The summed E-state index contributed by atoms with van der Waals surface area (Å²) >= 11 is 1.27. The van der Waals surface area contributed by atoms with Crippen molar-refractivity contribution in [1.82, 2.24) is 0 Å². The van der Waals surface area contributed by atoms with Gasteiger partial charge in [-0.3, -0.25) is 9.59 Å². The lowest BCUT2D eigenvalue weighted by Gasteiger charge is -2.10. The molecule has 0 atom stereocenters. The van der Waals surface area contributed by atoms with E-state index in [4.69, 9.17) is 0 Å². The number of carbonyl (C=O) groups excluding carboxylic acids is 2. The molecular formula is C15H12FNO2S. The number of rotatable bonds is 5. The van der Waals surface area contributed by atoms with E-state index < -0.39 is 5.82 Å². The molecule has 20 heavy (non-hydrogen) atoms. The highest BCUT2D eigenvalue weighted by Crippen LogP contribution is 2.35. The minimum atomic E-state index is -0.395. The summed E-state index contributed by atoms with van der Waals surface area (Å²) in [6.07, 6.45) is 1.45. The number of benzene rings is 2. The number of aldehydes is 2. The molecule has 0 aliphatic rings. The first kappa shape index (κ1) is 14.3. The summed E-state index contributed by atoms with van der Waals surface area (Å²) in [7, 11) is 1.74. The van der Waals surface area contributed by atoms with E-state index >= 15 is 0 Å². The molecule has 0 amide bonds. The van der Waals surface area contributed by atoms with Gasteiger partial charge in [0.05, 0.1) is 0 Å². The van der Waals surface area contributed by atoms with Crippen molar-refractivity contribution in [1.29, 1.82) is 0 Å². The Morgan fingerprint density at radius 3 is 2.50 bits per heavy atom. The van der Waals surface area contributed by atoms with E-state index in [1.54, 1.807) is 25.2 Å². The van der Waals surface area contributed by atoms with Gasteiger partial charge in [-0.1, -0.05) is 17.8 Å². The normalized spacial score (nSPS) is 10.1. The summed E-state index contributed by atoms with van der Waals surface area (Å²) in [5.41, 5.74) is 1.73. The van der Waals surface area contributed by atoms with Crippen LogP contribution in [0.4, 0.5) is 10.1 Å². The van der Waals surface area contributed by atoms with Gasteiger partial charge in [0, 0.05) is 33.7 Å². The zero-order valence-corrected chi connectivity index (χ0v) is 11.5. The summed E-state index contributed by atoms with van der Waals surface area (Å²) in [5, 5.41) is 2.98. The fraction of sp³-hybridized carbons (Fsp3) is 0.0667. The average molecular weight is 289 g/mol. The molecule has 0 saturated heterocycles. The molecule has 2 rings (SSSR count). The van der Waals surface area contributed by atoms with Crippen LogP contribution in [0.3, 0.4) is 0 Å². The average Bonchev–Trinajstić information content (AvgIpc) is 2.48. The van der Waals surface area contributed by atoms with Crippen molar-refractivity contribution in [3.8, 4) is 0 Å². The lowest BCUT2D eigenvalue weighted by Crippen LogP contribution is -1.94. The largest absolute Gasteiger partial charge is 0.387 e. The molecule has 0 aromatic heterocycles. The smallest absolute Gasteiger partial charge is 0.151 e. The molecule has 0 heterocycles. The van der Waals surface area contributed by atoms with Gasteiger partial charge < -0.3 is 5.32 Å². The van der Waals surface area contributed by atoms with Crippen LogP contribution in [0.2, 0.25) is 0 Å². The van der Waals surface area contributed by atoms with E-state index in [0.29, 0.717) is 22.3 Å². The molecule has 0 fully saturated rings. The van der Waals surface area contributed by atoms with Crippen LogP contribution >= 0.6 is 11.8 Å². The Morgan fingerprint density at radius 1 is 1.05 bits per heavy atom. The maximum absolute atomic E-state index is 13.3. The third kappa shape index (κ3) is 3.05.